The van der Waals surface area contributed by atoms with Gasteiger partial charge in [0.15, 0.2) is 0 Å². The van der Waals surface area contributed by atoms with E-state index in [0.29, 0.717) is 24.5 Å². The van der Waals surface area contributed by atoms with Crippen molar-refractivity contribution in [3.8, 4) is 11.5 Å². The fourth-order valence-electron chi connectivity index (χ4n) is 3.70. The van der Waals surface area contributed by atoms with Gasteiger partial charge in [0, 0.05) is 13.1 Å². The number of hydrogen-bond donors (Lipinski definition) is 1. The molecule has 2 aromatic carbocycles. The van der Waals surface area contributed by atoms with Crippen molar-refractivity contribution in [3.63, 3.8) is 0 Å². The molecule has 1 unspecified atom stereocenters. The molecule has 36 heavy (non-hydrogen) atoms. The first-order chi connectivity index (χ1) is 17.0. The Morgan fingerprint density at radius 1 is 1.00 bits per heavy atom. The number of nitrogens with one attached hydrogen (secondary N) is 1. The quantitative estimate of drug-likeness (QED) is 0.436. The van der Waals surface area contributed by atoms with E-state index in [0.717, 1.165) is 16.1 Å². The van der Waals surface area contributed by atoms with Crippen LogP contribution in [0.1, 0.15) is 32.8 Å². The topological polar surface area (TPSA) is 105 Å². The van der Waals surface area contributed by atoms with E-state index >= 15 is 0 Å². The van der Waals surface area contributed by atoms with Crippen molar-refractivity contribution < 1.29 is 27.5 Å². The second kappa shape index (κ2) is 13.2. The highest BCUT2D eigenvalue weighted by atomic mass is 32.2. The Balaban J connectivity index is 2.45. The number of benzene rings is 2. The van der Waals surface area contributed by atoms with Gasteiger partial charge in [-0.15, -0.1) is 0 Å². The number of nitrogens with zero attached hydrogens (tertiary/aromatic N) is 2. The van der Waals surface area contributed by atoms with Crippen molar-refractivity contribution in [2.24, 2.45) is 5.92 Å². The number of anilines is 1. The molecule has 0 saturated heterocycles. The third-order valence-corrected chi connectivity index (χ3v) is 6.74. The molecule has 0 bridgehead atoms. The summed E-state index contributed by atoms with van der Waals surface area (Å²) in [5.74, 6) is 0.435. The molecule has 0 aliphatic rings. The number of hydrogen-bond acceptors (Lipinski definition) is 6. The average molecular weight is 520 g/mol. The maximum atomic E-state index is 13.7. The van der Waals surface area contributed by atoms with Crippen LogP contribution >= 0.6 is 0 Å². The van der Waals surface area contributed by atoms with Crippen LogP contribution in [0.15, 0.2) is 48.5 Å². The fourth-order valence-corrected chi connectivity index (χ4v) is 4.55. The molecular weight excluding hydrogens is 482 g/mol. The summed E-state index contributed by atoms with van der Waals surface area (Å²) in [7, 11) is -0.848. The third-order valence-electron chi connectivity index (χ3n) is 5.62. The van der Waals surface area contributed by atoms with Crippen molar-refractivity contribution in [2.45, 2.75) is 39.8 Å². The van der Waals surface area contributed by atoms with Gasteiger partial charge in [0.1, 0.15) is 24.1 Å². The lowest BCUT2D eigenvalue weighted by Crippen LogP contribution is -2.52. The Kier molecular flexibility index (Phi) is 10.6. The second-order valence-electron chi connectivity index (χ2n) is 8.87. The van der Waals surface area contributed by atoms with E-state index in [2.05, 4.69) is 5.32 Å². The van der Waals surface area contributed by atoms with Crippen LogP contribution in [-0.2, 0) is 26.2 Å². The summed E-state index contributed by atoms with van der Waals surface area (Å²) in [6.07, 6.45) is 1.40. The number of carbonyl (C=O) groups is 2. The Morgan fingerprint density at radius 2 is 1.64 bits per heavy atom. The van der Waals surface area contributed by atoms with Crippen LogP contribution in [0, 0.1) is 5.92 Å². The van der Waals surface area contributed by atoms with Gasteiger partial charge in [-0.25, -0.2) is 8.42 Å². The van der Waals surface area contributed by atoms with Gasteiger partial charge in [0.25, 0.3) is 0 Å². The minimum absolute atomic E-state index is 0.125. The highest BCUT2D eigenvalue weighted by molar-refractivity contribution is 7.92. The van der Waals surface area contributed by atoms with E-state index in [1.165, 1.54) is 12.0 Å². The van der Waals surface area contributed by atoms with Gasteiger partial charge in [-0.1, -0.05) is 45.0 Å². The first kappa shape index (κ1) is 29.0. The summed E-state index contributed by atoms with van der Waals surface area (Å²) < 4.78 is 37.0. The lowest BCUT2D eigenvalue weighted by Gasteiger charge is -2.33. The molecular formula is C26H37N3O6S. The van der Waals surface area contributed by atoms with E-state index in [1.807, 2.05) is 32.9 Å². The Labute approximate surface area is 214 Å². The monoisotopic (exact) mass is 519 g/mol. The van der Waals surface area contributed by atoms with E-state index in [-0.39, 0.29) is 24.1 Å². The summed E-state index contributed by atoms with van der Waals surface area (Å²) in [5, 5.41) is 2.90. The van der Waals surface area contributed by atoms with Gasteiger partial charge >= 0.3 is 0 Å². The highest BCUT2D eigenvalue weighted by Gasteiger charge is 2.32. The highest BCUT2D eigenvalue weighted by Crippen LogP contribution is 2.29. The number of para-hydroxylation sites is 2. The predicted molar refractivity (Wildman–Crippen MR) is 141 cm³/mol. The average Bonchev–Trinajstić information content (AvgIpc) is 2.85. The SMILES string of the molecule is CCC(C(=O)NCC(C)C)N(Cc1ccc(OC)cc1)C(=O)CN(c1ccccc1OC)S(C)(=O)=O. The van der Waals surface area contributed by atoms with Crippen LogP contribution in [-0.4, -0.2) is 64.7 Å². The molecule has 0 spiro atoms. The van der Waals surface area contributed by atoms with Crippen LogP contribution in [0.25, 0.3) is 0 Å². The van der Waals surface area contributed by atoms with Crippen LogP contribution in [0.5, 0.6) is 11.5 Å². The van der Waals surface area contributed by atoms with Gasteiger partial charge in [-0.3, -0.25) is 13.9 Å². The smallest absolute Gasteiger partial charge is 0.244 e. The number of ether oxygens (including phenoxy) is 2. The summed E-state index contributed by atoms with van der Waals surface area (Å²) in [6.45, 7) is 5.90. The van der Waals surface area contributed by atoms with E-state index in [9.17, 15) is 18.0 Å². The van der Waals surface area contributed by atoms with Crippen molar-refractivity contribution >= 4 is 27.5 Å². The first-order valence-corrected chi connectivity index (χ1v) is 13.7. The molecule has 0 fully saturated rings. The zero-order valence-corrected chi connectivity index (χ0v) is 22.7. The number of sulfonamides is 1. The van der Waals surface area contributed by atoms with Crippen molar-refractivity contribution in [1.82, 2.24) is 10.2 Å². The first-order valence-electron chi connectivity index (χ1n) is 11.8. The normalized spacial score (nSPS) is 12.1. The van der Waals surface area contributed by atoms with Crippen molar-refractivity contribution in [1.29, 1.82) is 0 Å². The Morgan fingerprint density at radius 3 is 2.17 bits per heavy atom. The Bertz CT molecular complexity index is 1120. The molecule has 0 aliphatic carbocycles. The molecule has 0 saturated carbocycles. The van der Waals surface area contributed by atoms with Crippen molar-refractivity contribution in [2.75, 3.05) is 37.9 Å². The van der Waals surface area contributed by atoms with Gasteiger partial charge in [-0.2, -0.15) is 0 Å². The number of amides is 2. The standard InChI is InChI=1S/C26H37N3O6S/c1-7-22(26(31)27-16-19(2)3)28(17-20-12-14-21(34-4)15-13-20)25(30)18-29(36(6,32)33)23-10-8-9-11-24(23)35-5/h8-15,19,22H,7,16-18H2,1-6H3,(H,27,31). The molecule has 0 aliphatic heterocycles. The molecule has 2 rings (SSSR count). The minimum Gasteiger partial charge on any atom is -0.497 e. The van der Waals surface area contributed by atoms with Crippen LogP contribution in [0.2, 0.25) is 0 Å². The molecule has 10 heteroatoms. The summed E-state index contributed by atoms with van der Waals surface area (Å²) in [5.41, 5.74) is 1.03. The van der Waals surface area contributed by atoms with Gasteiger partial charge < -0.3 is 19.7 Å². The third kappa shape index (κ3) is 7.87. The predicted octanol–water partition coefficient (Wildman–Crippen LogP) is 3.05. The Hall–Kier alpha value is -3.27. The van der Waals surface area contributed by atoms with Gasteiger partial charge in [0.2, 0.25) is 21.8 Å². The summed E-state index contributed by atoms with van der Waals surface area (Å²) in [6, 6.07) is 13.0. The number of rotatable bonds is 13. The number of carbonyl (C=O) groups excluding carboxylic acids is 2. The number of methoxy groups -OCH3 is 2. The van der Waals surface area contributed by atoms with Crippen LogP contribution < -0.4 is 19.1 Å². The maximum Gasteiger partial charge on any atom is 0.244 e. The molecule has 2 amide bonds. The fraction of sp³-hybridized carbons (Fsp3) is 0.462. The zero-order valence-electron chi connectivity index (χ0n) is 21.9. The molecule has 198 valence electrons. The molecule has 2 aromatic rings. The molecule has 0 aromatic heterocycles. The summed E-state index contributed by atoms with van der Waals surface area (Å²) in [4.78, 5) is 28.2. The second-order valence-corrected chi connectivity index (χ2v) is 10.8. The van der Waals surface area contributed by atoms with Gasteiger partial charge in [0.05, 0.1) is 26.2 Å². The lowest BCUT2D eigenvalue weighted by atomic mass is 10.1. The van der Waals surface area contributed by atoms with Crippen LogP contribution in [0.3, 0.4) is 0 Å². The van der Waals surface area contributed by atoms with E-state index in [1.54, 1.807) is 43.5 Å². The largest absolute Gasteiger partial charge is 0.497 e. The minimum atomic E-state index is -3.85. The van der Waals surface area contributed by atoms with E-state index < -0.39 is 28.5 Å². The molecule has 0 heterocycles. The lowest BCUT2D eigenvalue weighted by molar-refractivity contribution is -0.140. The zero-order chi connectivity index (χ0) is 26.9. The molecule has 1 N–H and O–H groups in total. The van der Waals surface area contributed by atoms with Crippen LogP contribution in [0.4, 0.5) is 5.69 Å². The molecule has 1 atom stereocenters. The molecule has 0 radical (unpaired) electrons. The maximum absolute atomic E-state index is 13.7. The van der Waals surface area contributed by atoms with Crippen molar-refractivity contribution in [3.05, 3.63) is 54.1 Å². The van der Waals surface area contributed by atoms with E-state index in [4.69, 9.17) is 9.47 Å². The van der Waals surface area contributed by atoms with Gasteiger partial charge in [-0.05, 0) is 42.2 Å². The summed E-state index contributed by atoms with van der Waals surface area (Å²) >= 11 is 0. The molecule has 9 nitrogen and oxygen atoms in total.